The summed E-state index contributed by atoms with van der Waals surface area (Å²) in [5.74, 6) is -0.793. The molecule has 3 N–H and O–H groups in total. The van der Waals surface area contributed by atoms with Crippen molar-refractivity contribution in [1.29, 1.82) is 0 Å². The number of fused-ring (bicyclic) bond motifs is 1. The lowest BCUT2D eigenvalue weighted by Crippen LogP contribution is -2.31. The van der Waals surface area contributed by atoms with Crippen molar-refractivity contribution in [2.45, 2.75) is 12.6 Å². The van der Waals surface area contributed by atoms with Gasteiger partial charge in [-0.1, -0.05) is 12.1 Å². The molecule has 1 atom stereocenters. The van der Waals surface area contributed by atoms with E-state index in [2.05, 4.69) is 27.6 Å². The lowest BCUT2D eigenvalue weighted by atomic mass is 10.1. The largest absolute Gasteiger partial charge is 0.494 e. The molecule has 2 aromatic rings. The number of carboxylic acid groups (broad SMARTS) is 1. The van der Waals surface area contributed by atoms with Crippen molar-refractivity contribution in [1.82, 2.24) is 0 Å². The molecule has 0 bridgehead atoms. The summed E-state index contributed by atoms with van der Waals surface area (Å²) >= 11 is 0. The van der Waals surface area contributed by atoms with E-state index in [0.717, 1.165) is 5.56 Å². The number of halogens is 1. The summed E-state index contributed by atoms with van der Waals surface area (Å²) in [6.07, 6.45) is -0.429. The molecule has 0 aromatic heterocycles. The van der Waals surface area contributed by atoms with Crippen LogP contribution in [-0.2, 0) is 16.0 Å². The summed E-state index contributed by atoms with van der Waals surface area (Å²) in [6.45, 7) is 3.63. The monoisotopic (exact) mass is 386 g/mol. The van der Waals surface area contributed by atoms with Gasteiger partial charge in [-0.15, -0.1) is 5.10 Å². The quantitative estimate of drug-likeness (QED) is 0.384. The molecule has 0 spiro atoms. The molecule has 0 aliphatic carbocycles. The third kappa shape index (κ3) is 4.03. The van der Waals surface area contributed by atoms with E-state index < -0.39 is 12.1 Å². The minimum atomic E-state index is -1.04. The van der Waals surface area contributed by atoms with Crippen LogP contribution < -0.4 is 15.4 Å². The predicted molar refractivity (Wildman–Crippen MR) is 104 cm³/mol. The normalized spacial score (nSPS) is 15.2. The van der Waals surface area contributed by atoms with Crippen molar-refractivity contribution >= 4 is 30.0 Å². The number of hydrogen-bond acceptors (Lipinski definition) is 7. The molecular weight excluding hydrogens is 367 g/mol. The number of ether oxygens (including phenoxy) is 2. The first-order valence-corrected chi connectivity index (χ1v) is 8.41. The first-order chi connectivity index (χ1) is 13.5. The Hall–Kier alpha value is -3.62. The highest BCUT2D eigenvalue weighted by atomic mass is 19.1. The highest BCUT2D eigenvalue weighted by molar-refractivity contribution is 6.02. The van der Waals surface area contributed by atoms with Crippen molar-refractivity contribution in [3.8, 4) is 5.75 Å². The molecule has 0 saturated heterocycles. The summed E-state index contributed by atoms with van der Waals surface area (Å²) in [6, 6.07) is 9.52. The molecule has 0 saturated carbocycles. The Balaban J connectivity index is 1.80. The third-order valence-electron chi connectivity index (χ3n) is 4.13. The number of rotatable bonds is 7. The molecule has 0 radical (unpaired) electrons. The second-order valence-electron chi connectivity index (χ2n) is 5.90. The molecule has 28 heavy (non-hydrogen) atoms. The molecule has 1 aliphatic rings. The maximum absolute atomic E-state index is 13.0. The van der Waals surface area contributed by atoms with Crippen LogP contribution in [0.15, 0.2) is 46.6 Å². The summed E-state index contributed by atoms with van der Waals surface area (Å²) in [4.78, 5) is 11.2. The second kappa shape index (κ2) is 8.38. The molecule has 3 rings (SSSR count). The summed E-state index contributed by atoms with van der Waals surface area (Å²) in [5.41, 5.74) is 2.48. The molecule has 1 unspecified atom stereocenters. The van der Waals surface area contributed by atoms with Gasteiger partial charge in [0.05, 0.1) is 25.0 Å². The van der Waals surface area contributed by atoms with Gasteiger partial charge in [-0.25, -0.2) is 9.18 Å². The molecule has 0 amide bonds. The first-order valence-electron chi connectivity index (χ1n) is 8.41. The van der Waals surface area contributed by atoms with Gasteiger partial charge in [0.25, 0.3) is 0 Å². The molecule has 1 heterocycles. The van der Waals surface area contributed by atoms with Crippen LogP contribution in [0, 0.1) is 5.82 Å². The maximum atomic E-state index is 13.0. The van der Waals surface area contributed by atoms with Crippen LogP contribution in [0.4, 0.5) is 15.8 Å². The van der Waals surface area contributed by atoms with E-state index in [0.29, 0.717) is 29.1 Å². The number of benzene rings is 2. The molecule has 1 aliphatic heterocycles. The molecule has 0 fully saturated rings. The average molecular weight is 386 g/mol. The Bertz CT molecular complexity index is 915. The van der Waals surface area contributed by atoms with E-state index in [1.807, 2.05) is 0 Å². The number of carbonyl (C=O) groups is 1. The smallest absolute Gasteiger partial charge is 0.347 e. The van der Waals surface area contributed by atoms with E-state index in [9.17, 15) is 14.3 Å². The number of nitrogens with zero attached hydrogens (tertiary/aromatic N) is 2. The van der Waals surface area contributed by atoms with Gasteiger partial charge in [0.15, 0.2) is 11.9 Å². The molecule has 2 aromatic carbocycles. The summed E-state index contributed by atoms with van der Waals surface area (Å²) in [7, 11) is 1.46. The van der Waals surface area contributed by atoms with E-state index >= 15 is 0 Å². The third-order valence-corrected chi connectivity index (χ3v) is 4.13. The fraction of sp³-hybridized carbons (Fsp3) is 0.211. The topological polar surface area (TPSA) is 105 Å². The number of aliphatic carboxylic acids is 1. The molecule has 8 nitrogen and oxygen atoms in total. The highest BCUT2D eigenvalue weighted by Gasteiger charge is 2.30. The van der Waals surface area contributed by atoms with Crippen molar-refractivity contribution in [2.24, 2.45) is 10.2 Å². The lowest BCUT2D eigenvalue weighted by molar-refractivity contribution is -0.137. The van der Waals surface area contributed by atoms with Gasteiger partial charge in [0.2, 0.25) is 5.90 Å². The number of nitrogens with one attached hydrogen (secondary N) is 2. The van der Waals surface area contributed by atoms with Crippen molar-refractivity contribution in [2.75, 3.05) is 24.4 Å². The zero-order valence-electron chi connectivity index (χ0n) is 15.1. The second-order valence-corrected chi connectivity index (χ2v) is 5.90. The molecular formula is C19H19FN4O4. The Labute approximate surface area is 160 Å². The fourth-order valence-corrected chi connectivity index (χ4v) is 2.83. The van der Waals surface area contributed by atoms with Crippen molar-refractivity contribution in [3.05, 3.63) is 53.3 Å². The van der Waals surface area contributed by atoms with Crippen LogP contribution in [0.25, 0.3) is 0 Å². The van der Waals surface area contributed by atoms with Gasteiger partial charge in [-0.2, -0.15) is 5.10 Å². The van der Waals surface area contributed by atoms with Gasteiger partial charge in [-0.05, 0) is 29.8 Å². The van der Waals surface area contributed by atoms with E-state index in [-0.39, 0.29) is 18.3 Å². The molecule has 146 valence electrons. The van der Waals surface area contributed by atoms with Crippen LogP contribution >= 0.6 is 0 Å². The first kappa shape index (κ1) is 19.2. The summed E-state index contributed by atoms with van der Waals surface area (Å²) in [5, 5.41) is 22.4. The Kier molecular flexibility index (Phi) is 5.73. The average Bonchev–Trinajstić information content (AvgIpc) is 3.13. The van der Waals surface area contributed by atoms with Crippen LogP contribution in [0.2, 0.25) is 0 Å². The SMILES string of the molecule is C=N/N=C(\OCCc1ccc(F)cc1)c1ccc2c(c1OC)NC(C(=O)O)N2. The molecule has 9 heteroatoms. The number of anilines is 2. The number of hydrogen-bond donors (Lipinski definition) is 3. The van der Waals surface area contributed by atoms with Crippen molar-refractivity contribution in [3.63, 3.8) is 0 Å². The van der Waals surface area contributed by atoms with E-state index in [1.54, 1.807) is 24.3 Å². The number of methoxy groups -OCH3 is 1. The Morgan fingerprint density at radius 3 is 2.64 bits per heavy atom. The van der Waals surface area contributed by atoms with Gasteiger partial charge in [0, 0.05) is 13.1 Å². The maximum Gasteiger partial charge on any atom is 0.347 e. The minimum Gasteiger partial charge on any atom is -0.494 e. The number of carboxylic acids is 1. The standard InChI is InChI=1S/C19H19FN4O4/c1-21-24-18(28-10-9-11-3-5-12(20)6-4-11)13-7-8-14-15(16(13)27-2)23-17(22-14)19(25)26/h3-8,17,22-23H,1,9-10H2,2H3,(H,25,26)/b24-18-. The predicted octanol–water partition coefficient (Wildman–Crippen LogP) is 2.70. The fourth-order valence-electron chi connectivity index (χ4n) is 2.83. The van der Waals surface area contributed by atoms with Crippen LogP contribution in [0.3, 0.4) is 0 Å². The van der Waals surface area contributed by atoms with Gasteiger partial charge in [0.1, 0.15) is 11.5 Å². The Morgan fingerprint density at radius 2 is 2.00 bits per heavy atom. The summed E-state index contributed by atoms with van der Waals surface area (Å²) < 4.78 is 24.2. The zero-order valence-corrected chi connectivity index (χ0v) is 15.1. The van der Waals surface area contributed by atoms with Crippen LogP contribution in [-0.4, -0.2) is 43.6 Å². The van der Waals surface area contributed by atoms with Gasteiger partial charge in [-0.3, -0.25) is 0 Å². The zero-order chi connectivity index (χ0) is 20.1. The minimum absolute atomic E-state index is 0.178. The van der Waals surface area contributed by atoms with E-state index in [4.69, 9.17) is 9.47 Å². The van der Waals surface area contributed by atoms with Gasteiger partial charge < -0.3 is 25.2 Å². The Morgan fingerprint density at radius 1 is 1.25 bits per heavy atom. The highest BCUT2D eigenvalue weighted by Crippen LogP contribution is 2.40. The van der Waals surface area contributed by atoms with Gasteiger partial charge >= 0.3 is 5.97 Å². The van der Waals surface area contributed by atoms with Crippen LogP contribution in [0.5, 0.6) is 5.75 Å². The van der Waals surface area contributed by atoms with Crippen LogP contribution in [0.1, 0.15) is 11.1 Å². The van der Waals surface area contributed by atoms with E-state index in [1.165, 1.54) is 19.2 Å². The van der Waals surface area contributed by atoms with Crippen molar-refractivity contribution < 1.29 is 23.8 Å². The lowest BCUT2D eigenvalue weighted by Gasteiger charge is -2.14.